The summed E-state index contributed by atoms with van der Waals surface area (Å²) in [6.45, 7) is 0.721. The number of hydrogen-bond acceptors (Lipinski definition) is 4. The molecule has 0 aromatic heterocycles. The highest BCUT2D eigenvalue weighted by molar-refractivity contribution is 6.30. The van der Waals surface area contributed by atoms with Gasteiger partial charge in [0, 0.05) is 18.5 Å². The predicted octanol–water partition coefficient (Wildman–Crippen LogP) is 2.96. The van der Waals surface area contributed by atoms with Gasteiger partial charge in [0.25, 0.3) is 5.91 Å². The molecule has 0 saturated heterocycles. The van der Waals surface area contributed by atoms with E-state index < -0.39 is 12.1 Å². The number of likely N-dealkylation sites (N-methyl/N-ethyl adjacent to an activating group) is 1. The van der Waals surface area contributed by atoms with Crippen molar-refractivity contribution in [1.82, 2.24) is 4.90 Å². The first kappa shape index (κ1) is 17.3. The summed E-state index contributed by atoms with van der Waals surface area (Å²) in [5, 5.41) is 0.638. The lowest BCUT2D eigenvalue weighted by atomic mass is 9.98. The molecule has 2 aromatic rings. The van der Waals surface area contributed by atoms with Gasteiger partial charge >= 0.3 is 5.97 Å². The van der Waals surface area contributed by atoms with Crippen LogP contribution < -0.4 is 4.74 Å². The Morgan fingerprint density at radius 3 is 2.72 bits per heavy atom. The second-order valence-electron chi connectivity index (χ2n) is 5.82. The number of fused-ring (bicyclic) bond motifs is 1. The number of cyclic esters (lactones) is 1. The van der Waals surface area contributed by atoms with Gasteiger partial charge in [-0.2, -0.15) is 0 Å². The fourth-order valence-electron chi connectivity index (χ4n) is 2.66. The SMILES string of the molecule is CN(CCOc1ccc(Cl)cc1)C(=O)[C@@H]1Cc2ccccc2C(=O)O1. The number of hydrogen-bond donors (Lipinski definition) is 0. The van der Waals surface area contributed by atoms with Gasteiger partial charge in [-0.1, -0.05) is 29.8 Å². The van der Waals surface area contributed by atoms with Crippen molar-refractivity contribution < 1.29 is 19.1 Å². The lowest BCUT2D eigenvalue weighted by Crippen LogP contribution is -2.44. The number of rotatable bonds is 5. The van der Waals surface area contributed by atoms with Crippen molar-refractivity contribution in [3.8, 4) is 5.75 Å². The Balaban J connectivity index is 1.54. The molecule has 1 atom stereocenters. The third-order valence-corrected chi connectivity index (χ3v) is 4.30. The highest BCUT2D eigenvalue weighted by Gasteiger charge is 2.32. The van der Waals surface area contributed by atoms with E-state index >= 15 is 0 Å². The van der Waals surface area contributed by atoms with Crippen LogP contribution in [0.3, 0.4) is 0 Å². The van der Waals surface area contributed by atoms with Gasteiger partial charge in [0.1, 0.15) is 12.4 Å². The van der Waals surface area contributed by atoms with Crippen LogP contribution in [0.25, 0.3) is 0 Å². The normalized spacial score (nSPS) is 15.9. The topological polar surface area (TPSA) is 55.8 Å². The maximum absolute atomic E-state index is 12.5. The van der Waals surface area contributed by atoms with Crippen molar-refractivity contribution in [2.45, 2.75) is 12.5 Å². The highest BCUT2D eigenvalue weighted by atomic mass is 35.5. The van der Waals surface area contributed by atoms with Gasteiger partial charge in [-0.25, -0.2) is 4.79 Å². The summed E-state index contributed by atoms with van der Waals surface area (Å²) in [4.78, 5) is 26.1. The number of benzene rings is 2. The van der Waals surface area contributed by atoms with Crippen molar-refractivity contribution in [3.05, 3.63) is 64.7 Å². The molecule has 1 aliphatic rings. The van der Waals surface area contributed by atoms with Crippen LogP contribution in [-0.2, 0) is 16.0 Å². The zero-order chi connectivity index (χ0) is 17.8. The largest absolute Gasteiger partial charge is 0.492 e. The van der Waals surface area contributed by atoms with Gasteiger partial charge in [0.05, 0.1) is 12.1 Å². The summed E-state index contributed by atoms with van der Waals surface area (Å²) in [7, 11) is 1.67. The molecule has 0 spiro atoms. The molecule has 5 nitrogen and oxygen atoms in total. The molecule has 0 radical (unpaired) electrons. The smallest absolute Gasteiger partial charge is 0.339 e. The average Bonchev–Trinajstić information content (AvgIpc) is 2.62. The van der Waals surface area contributed by atoms with Crippen LogP contribution in [0.4, 0.5) is 0 Å². The molecule has 6 heteroatoms. The Morgan fingerprint density at radius 1 is 1.24 bits per heavy atom. The second kappa shape index (κ2) is 7.57. The van der Waals surface area contributed by atoms with Crippen molar-refractivity contribution in [2.24, 2.45) is 0 Å². The van der Waals surface area contributed by atoms with E-state index in [1.807, 2.05) is 12.1 Å². The van der Waals surface area contributed by atoms with Crippen LogP contribution in [0.1, 0.15) is 15.9 Å². The first-order valence-corrected chi connectivity index (χ1v) is 8.34. The molecule has 25 heavy (non-hydrogen) atoms. The number of carbonyl (C=O) groups excluding carboxylic acids is 2. The van der Waals surface area contributed by atoms with Gasteiger partial charge in [-0.3, -0.25) is 4.79 Å². The Bertz CT molecular complexity index is 775. The predicted molar refractivity (Wildman–Crippen MR) is 93.9 cm³/mol. The summed E-state index contributed by atoms with van der Waals surface area (Å²) in [5.41, 5.74) is 1.36. The summed E-state index contributed by atoms with van der Waals surface area (Å²) in [6.07, 6.45) is -0.397. The monoisotopic (exact) mass is 359 g/mol. The Hall–Kier alpha value is -2.53. The van der Waals surface area contributed by atoms with Gasteiger partial charge in [0.2, 0.25) is 0 Å². The van der Waals surface area contributed by atoms with E-state index in [0.717, 1.165) is 5.56 Å². The standard InChI is InChI=1S/C19H18ClNO4/c1-21(10-11-24-15-8-6-14(20)7-9-15)18(22)17-12-13-4-2-3-5-16(13)19(23)25-17/h2-9,17H,10-12H2,1H3/t17-/m0/s1. The zero-order valence-corrected chi connectivity index (χ0v) is 14.5. The lowest BCUT2D eigenvalue weighted by Gasteiger charge is -2.27. The minimum Gasteiger partial charge on any atom is -0.492 e. The molecule has 130 valence electrons. The molecule has 0 unspecified atom stereocenters. The molecule has 0 bridgehead atoms. The molecule has 1 aliphatic heterocycles. The number of carbonyl (C=O) groups is 2. The Kier molecular flexibility index (Phi) is 5.24. The number of amides is 1. The van der Waals surface area contributed by atoms with Crippen molar-refractivity contribution in [2.75, 3.05) is 20.2 Å². The quantitative estimate of drug-likeness (QED) is 0.770. The number of halogens is 1. The first-order valence-electron chi connectivity index (χ1n) is 7.97. The summed E-state index contributed by atoms with van der Waals surface area (Å²) >= 11 is 5.82. The summed E-state index contributed by atoms with van der Waals surface area (Å²) in [6, 6.07) is 14.2. The van der Waals surface area contributed by atoms with Gasteiger partial charge in [-0.15, -0.1) is 0 Å². The fourth-order valence-corrected chi connectivity index (χ4v) is 2.78. The van der Waals surface area contributed by atoms with Gasteiger partial charge in [-0.05, 0) is 35.9 Å². The number of nitrogens with zero attached hydrogens (tertiary/aromatic N) is 1. The van der Waals surface area contributed by atoms with E-state index in [-0.39, 0.29) is 5.91 Å². The van der Waals surface area contributed by atoms with E-state index in [9.17, 15) is 9.59 Å². The minimum atomic E-state index is -0.789. The third kappa shape index (κ3) is 4.12. The fraction of sp³-hybridized carbons (Fsp3) is 0.263. The minimum absolute atomic E-state index is 0.234. The molecular formula is C19H18ClNO4. The molecule has 0 aliphatic carbocycles. The third-order valence-electron chi connectivity index (χ3n) is 4.05. The molecule has 0 N–H and O–H groups in total. The Labute approximate surface area is 151 Å². The van der Waals surface area contributed by atoms with E-state index in [4.69, 9.17) is 21.1 Å². The van der Waals surface area contributed by atoms with Gasteiger partial charge in [0.15, 0.2) is 6.10 Å². The van der Waals surface area contributed by atoms with Crippen LogP contribution >= 0.6 is 11.6 Å². The van der Waals surface area contributed by atoms with Crippen molar-refractivity contribution >= 4 is 23.5 Å². The average molecular weight is 360 g/mol. The van der Waals surface area contributed by atoms with E-state index in [1.54, 1.807) is 43.4 Å². The van der Waals surface area contributed by atoms with Crippen LogP contribution in [0.15, 0.2) is 48.5 Å². The zero-order valence-electron chi connectivity index (χ0n) is 13.8. The maximum atomic E-state index is 12.5. The van der Waals surface area contributed by atoms with Crippen LogP contribution in [0.2, 0.25) is 5.02 Å². The van der Waals surface area contributed by atoms with Gasteiger partial charge < -0.3 is 14.4 Å². The van der Waals surface area contributed by atoms with E-state index in [2.05, 4.69) is 0 Å². The molecule has 1 heterocycles. The number of ether oxygens (including phenoxy) is 2. The van der Waals surface area contributed by atoms with Crippen molar-refractivity contribution in [3.63, 3.8) is 0 Å². The molecule has 3 rings (SSSR count). The maximum Gasteiger partial charge on any atom is 0.339 e. The summed E-state index contributed by atoms with van der Waals surface area (Å²) in [5.74, 6) is -0.00292. The van der Waals surface area contributed by atoms with Crippen LogP contribution in [0, 0.1) is 0 Å². The lowest BCUT2D eigenvalue weighted by molar-refractivity contribution is -0.140. The highest BCUT2D eigenvalue weighted by Crippen LogP contribution is 2.21. The van der Waals surface area contributed by atoms with E-state index in [1.165, 1.54) is 4.90 Å². The van der Waals surface area contributed by atoms with Crippen molar-refractivity contribution in [1.29, 1.82) is 0 Å². The molecular weight excluding hydrogens is 342 g/mol. The van der Waals surface area contributed by atoms with Crippen LogP contribution in [-0.4, -0.2) is 43.1 Å². The molecule has 1 amide bonds. The first-order chi connectivity index (χ1) is 12.0. The molecule has 0 saturated carbocycles. The second-order valence-corrected chi connectivity index (χ2v) is 6.25. The van der Waals surface area contributed by atoms with E-state index in [0.29, 0.717) is 35.9 Å². The summed E-state index contributed by atoms with van der Waals surface area (Å²) < 4.78 is 10.9. The van der Waals surface area contributed by atoms with Crippen LogP contribution in [0.5, 0.6) is 5.75 Å². The number of esters is 1. The molecule has 0 fully saturated rings. The Morgan fingerprint density at radius 2 is 1.96 bits per heavy atom. The molecule has 2 aromatic carbocycles.